The second-order valence-electron chi connectivity index (χ2n) is 11.8. The Kier molecular flexibility index (Phi) is 7.67. The average Bonchev–Trinajstić information content (AvgIpc) is 2.65. The maximum Gasteiger partial charge on any atom is 0.410 e. The van der Waals surface area contributed by atoms with Gasteiger partial charge in [-0.2, -0.15) is 0 Å². The van der Waals surface area contributed by atoms with Crippen molar-refractivity contribution in [2.45, 2.75) is 91.8 Å². The van der Waals surface area contributed by atoms with Crippen molar-refractivity contribution in [3.8, 4) is 0 Å². The molecule has 0 fully saturated rings. The molecule has 0 spiro atoms. The summed E-state index contributed by atoms with van der Waals surface area (Å²) in [6.07, 6.45) is -0.400. The molecule has 1 amide bonds. The molecule has 0 aliphatic rings. The Labute approximate surface area is 198 Å². The predicted octanol–water partition coefficient (Wildman–Crippen LogP) is 6.92. The number of carbonyl (C=O) groups excluding carboxylic acids is 1. The van der Waals surface area contributed by atoms with Crippen LogP contribution in [0.15, 0.2) is 42.5 Å². The van der Waals surface area contributed by atoms with Gasteiger partial charge in [-0.3, -0.25) is 4.90 Å². The summed E-state index contributed by atoms with van der Waals surface area (Å²) in [6.45, 7) is 19.4. The van der Waals surface area contributed by atoms with Crippen LogP contribution in [0.4, 0.5) is 4.79 Å². The van der Waals surface area contributed by atoms with E-state index in [4.69, 9.17) is 9.84 Å². The summed E-state index contributed by atoms with van der Waals surface area (Å²) in [5.41, 5.74) is 3.87. The first-order chi connectivity index (χ1) is 15.0. The average molecular weight is 454 g/mol. The van der Waals surface area contributed by atoms with Crippen LogP contribution in [-0.2, 0) is 28.7 Å². The molecular formula is C28H39NO4. The van der Waals surface area contributed by atoms with Crippen molar-refractivity contribution in [1.82, 2.24) is 4.90 Å². The highest BCUT2D eigenvalue weighted by molar-refractivity contribution is 5.87. The molecule has 0 saturated heterocycles. The van der Waals surface area contributed by atoms with Crippen LogP contribution in [0.3, 0.4) is 0 Å². The van der Waals surface area contributed by atoms with Crippen molar-refractivity contribution >= 4 is 12.1 Å². The molecule has 0 unspecified atom stereocenters. The molecular weight excluding hydrogens is 414 g/mol. The van der Waals surface area contributed by atoms with Gasteiger partial charge >= 0.3 is 12.1 Å². The van der Waals surface area contributed by atoms with Crippen molar-refractivity contribution in [3.05, 3.63) is 70.3 Å². The Morgan fingerprint density at radius 3 is 1.61 bits per heavy atom. The second kappa shape index (κ2) is 9.58. The van der Waals surface area contributed by atoms with Gasteiger partial charge in [0.15, 0.2) is 0 Å². The molecule has 2 aromatic rings. The molecule has 0 aliphatic carbocycles. The number of rotatable bonds is 5. The molecule has 2 rings (SSSR count). The number of amides is 1. The first-order valence-corrected chi connectivity index (χ1v) is 11.4. The lowest BCUT2D eigenvalue weighted by Gasteiger charge is -2.30. The van der Waals surface area contributed by atoms with E-state index < -0.39 is 17.7 Å². The number of aromatic carboxylic acids is 1. The zero-order valence-corrected chi connectivity index (χ0v) is 21.6. The van der Waals surface area contributed by atoms with Crippen LogP contribution in [0.5, 0.6) is 0 Å². The molecule has 2 aromatic carbocycles. The Hall–Kier alpha value is -2.82. The first kappa shape index (κ1) is 26.4. The topological polar surface area (TPSA) is 66.8 Å². The van der Waals surface area contributed by atoms with E-state index in [0.717, 1.165) is 11.1 Å². The quantitative estimate of drug-likeness (QED) is 0.534. The van der Waals surface area contributed by atoms with Gasteiger partial charge in [-0.25, -0.2) is 9.59 Å². The predicted molar refractivity (Wildman–Crippen MR) is 133 cm³/mol. The largest absolute Gasteiger partial charge is 0.478 e. The molecule has 0 aromatic heterocycles. The molecule has 1 N–H and O–H groups in total. The van der Waals surface area contributed by atoms with E-state index in [2.05, 4.69) is 59.7 Å². The van der Waals surface area contributed by atoms with Crippen molar-refractivity contribution in [2.75, 3.05) is 0 Å². The van der Waals surface area contributed by atoms with Gasteiger partial charge in [-0.05, 0) is 66.0 Å². The summed E-state index contributed by atoms with van der Waals surface area (Å²) in [5.74, 6) is -0.973. The maximum atomic E-state index is 13.1. The lowest BCUT2D eigenvalue weighted by Crippen LogP contribution is -2.36. The number of nitrogens with zero attached hydrogens (tertiary/aromatic N) is 1. The molecule has 0 bridgehead atoms. The Balaban J connectivity index is 2.45. The van der Waals surface area contributed by atoms with Crippen LogP contribution in [0.25, 0.3) is 0 Å². The third-order valence-electron chi connectivity index (χ3n) is 5.32. The molecule has 33 heavy (non-hydrogen) atoms. The minimum Gasteiger partial charge on any atom is -0.478 e. The summed E-state index contributed by atoms with van der Waals surface area (Å²) >= 11 is 0. The molecule has 0 atom stereocenters. The second-order valence-corrected chi connectivity index (χ2v) is 11.8. The number of ether oxygens (including phenoxy) is 1. The molecule has 180 valence electrons. The highest BCUT2D eigenvalue weighted by Gasteiger charge is 2.25. The minimum atomic E-state index is -0.973. The first-order valence-electron chi connectivity index (χ1n) is 11.4. The minimum absolute atomic E-state index is 0.0284. The van der Waals surface area contributed by atoms with Gasteiger partial charge in [0.25, 0.3) is 0 Å². The van der Waals surface area contributed by atoms with E-state index in [1.807, 2.05) is 20.8 Å². The zero-order valence-electron chi connectivity index (χ0n) is 21.6. The fourth-order valence-electron chi connectivity index (χ4n) is 3.35. The van der Waals surface area contributed by atoms with Gasteiger partial charge in [0.05, 0.1) is 5.56 Å². The van der Waals surface area contributed by atoms with Crippen molar-refractivity contribution in [1.29, 1.82) is 0 Å². The normalized spacial score (nSPS) is 12.4. The van der Waals surface area contributed by atoms with E-state index in [1.165, 1.54) is 11.1 Å². The third kappa shape index (κ3) is 7.92. The van der Waals surface area contributed by atoms with Gasteiger partial charge in [-0.1, -0.05) is 71.9 Å². The maximum absolute atomic E-state index is 13.1. The Morgan fingerprint density at radius 2 is 1.21 bits per heavy atom. The lowest BCUT2D eigenvalue weighted by molar-refractivity contribution is 0.0216. The van der Waals surface area contributed by atoms with Crippen LogP contribution in [-0.4, -0.2) is 27.7 Å². The summed E-state index contributed by atoms with van der Waals surface area (Å²) in [7, 11) is 0. The summed E-state index contributed by atoms with van der Waals surface area (Å²) in [5, 5.41) is 9.17. The number of hydrogen-bond acceptors (Lipinski definition) is 3. The molecule has 0 heterocycles. The van der Waals surface area contributed by atoms with Gasteiger partial charge in [0.1, 0.15) is 5.60 Å². The van der Waals surface area contributed by atoms with Crippen LogP contribution < -0.4 is 0 Å². The van der Waals surface area contributed by atoms with Crippen molar-refractivity contribution < 1.29 is 19.4 Å². The number of hydrogen-bond donors (Lipinski definition) is 1. The SMILES string of the molecule is CC(C)(C)OC(=O)N(Cc1ccc(C(=O)O)cc1)Cc1cc(C(C)(C)C)cc(C(C)(C)C)c1. The van der Waals surface area contributed by atoms with Crippen LogP contribution in [0, 0.1) is 0 Å². The van der Waals surface area contributed by atoms with Crippen LogP contribution in [0.1, 0.15) is 94.9 Å². The van der Waals surface area contributed by atoms with Crippen molar-refractivity contribution in [2.24, 2.45) is 0 Å². The molecule has 0 aliphatic heterocycles. The highest BCUT2D eigenvalue weighted by Crippen LogP contribution is 2.31. The molecule has 5 heteroatoms. The molecule has 0 saturated carbocycles. The Bertz CT molecular complexity index is 954. The summed E-state index contributed by atoms with van der Waals surface area (Å²) in [6, 6.07) is 13.2. The fraction of sp³-hybridized carbons (Fsp3) is 0.500. The van der Waals surface area contributed by atoms with Gasteiger partial charge in [-0.15, -0.1) is 0 Å². The van der Waals surface area contributed by atoms with E-state index in [-0.39, 0.29) is 16.4 Å². The van der Waals surface area contributed by atoms with E-state index in [1.54, 1.807) is 29.2 Å². The number of carboxylic acid groups (broad SMARTS) is 1. The summed E-state index contributed by atoms with van der Waals surface area (Å²) < 4.78 is 5.69. The zero-order chi connectivity index (χ0) is 25.2. The standard InChI is InChI=1S/C28H39NO4/c1-26(2,3)22-14-20(15-23(16-22)27(4,5)6)18-29(25(32)33-28(7,8)9)17-19-10-12-21(13-11-19)24(30)31/h10-16H,17-18H2,1-9H3,(H,30,31). The fourth-order valence-corrected chi connectivity index (χ4v) is 3.35. The highest BCUT2D eigenvalue weighted by atomic mass is 16.6. The lowest BCUT2D eigenvalue weighted by atomic mass is 9.79. The monoisotopic (exact) mass is 453 g/mol. The smallest absolute Gasteiger partial charge is 0.410 e. The summed E-state index contributed by atoms with van der Waals surface area (Å²) in [4.78, 5) is 26.0. The van der Waals surface area contributed by atoms with Gasteiger partial charge < -0.3 is 9.84 Å². The molecule has 0 radical (unpaired) electrons. The number of benzene rings is 2. The Morgan fingerprint density at radius 1 is 0.758 bits per heavy atom. The third-order valence-corrected chi connectivity index (χ3v) is 5.32. The van der Waals surface area contributed by atoms with Crippen LogP contribution in [0.2, 0.25) is 0 Å². The van der Waals surface area contributed by atoms with E-state index in [0.29, 0.717) is 13.1 Å². The number of carboxylic acids is 1. The van der Waals surface area contributed by atoms with Crippen LogP contribution >= 0.6 is 0 Å². The van der Waals surface area contributed by atoms with Gasteiger partial charge in [0, 0.05) is 13.1 Å². The number of carbonyl (C=O) groups is 2. The van der Waals surface area contributed by atoms with E-state index in [9.17, 15) is 9.59 Å². The van der Waals surface area contributed by atoms with Crippen molar-refractivity contribution in [3.63, 3.8) is 0 Å². The van der Waals surface area contributed by atoms with Gasteiger partial charge in [0.2, 0.25) is 0 Å². The molecule has 5 nitrogen and oxygen atoms in total. The van der Waals surface area contributed by atoms with E-state index >= 15 is 0 Å².